The molecule has 0 amide bonds. The summed E-state index contributed by atoms with van der Waals surface area (Å²) in [6, 6.07) is 0. The minimum absolute atomic E-state index is 0.0255. The van der Waals surface area contributed by atoms with Crippen molar-refractivity contribution in [2.45, 2.75) is 73.0 Å². The fourth-order valence-electron chi connectivity index (χ4n) is 2.48. The van der Waals surface area contributed by atoms with E-state index in [-0.39, 0.29) is 18.2 Å². The molecule has 1 fully saturated rings. The zero-order chi connectivity index (χ0) is 14.3. The quantitative estimate of drug-likeness (QED) is 0.772. The molecule has 0 aliphatic heterocycles. The van der Waals surface area contributed by atoms with E-state index in [2.05, 4.69) is 25.5 Å². The summed E-state index contributed by atoms with van der Waals surface area (Å²) in [4.78, 5) is 10.0. The fraction of sp³-hybridized carbons (Fsp3) is 0.933. The summed E-state index contributed by atoms with van der Waals surface area (Å²) in [6.45, 7) is 11.7. The van der Waals surface area contributed by atoms with E-state index in [1.54, 1.807) is 0 Å². The van der Waals surface area contributed by atoms with Gasteiger partial charge >= 0.3 is 5.97 Å². The fourth-order valence-corrected chi connectivity index (χ4v) is 2.48. The molecule has 1 aliphatic carbocycles. The van der Waals surface area contributed by atoms with Crippen molar-refractivity contribution in [1.82, 2.24) is 0 Å². The second-order valence-corrected chi connectivity index (χ2v) is 6.05. The number of rotatable bonds is 2. The number of hydrogen-bond donors (Lipinski definition) is 1. The van der Waals surface area contributed by atoms with Crippen molar-refractivity contribution >= 4 is 5.97 Å². The van der Waals surface area contributed by atoms with E-state index in [9.17, 15) is 9.90 Å². The Labute approximate surface area is 112 Å². The van der Waals surface area contributed by atoms with E-state index in [1.807, 2.05) is 13.8 Å². The Balaban J connectivity index is 0.000000360. The lowest BCUT2D eigenvalue weighted by Crippen LogP contribution is -2.31. The lowest BCUT2D eigenvalue weighted by atomic mass is 9.75. The standard InChI is InChI=1S/C10H20O.C5H10O2/c1-7(2)9-5-4-8(3)6-10(9)11;1-4(2)7-5(3)6/h7-11H,4-6H2,1-3H3;4H,1-3H3. The van der Waals surface area contributed by atoms with Gasteiger partial charge in [0.1, 0.15) is 0 Å². The Kier molecular flexibility index (Phi) is 8.25. The maximum Gasteiger partial charge on any atom is 0.302 e. The van der Waals surface area contributed by atoms with Crippen molar-refractivity contribution in [2.24, 2.45) is 17.8 Å². The molecule has 0 heterocycles. The first kappa shape index (κ1) is 17.4. The lowest BCUT2D eigenvalue weighted by Gasteiger charge is -2.33. The molecule has 3 unspecified atom stereocenters. The van der Waals surface area contributed by atoms with Crippen molar-refractivity contribution < 1.29 is 14.6 Å². The van der Waals surface area contributed by atoms with Gasteiger partial charge in [-0.25, -0.2) is 0 Å². The smallest absolute Gasteiger partial charge is 0.302 e. The molecule has 1 N–H and O–H groups in total. The molecule has 0 radical (unpaired) electrons. The molecular formula is C15H30O3. The Morgan fingerprint density at radius 3 is 2.06 bits per heavy atom. The molecule has 0 aromatic heterocycles. The van der Waals surface area contributed by atoms with Crippen LogP contribution >= 0.6 is 0 Å². The minimum atomic E-state index is -0.213. The van der Waals surface area contributed by atoms with Gasteiger partial charge in [-0.05, 0) is 44.4 Å². The summed E-state index contributed by atoms with van der Waals surface area (Å²) >= 11 is 0. The van der Waals surface area contributed by atoms with Crippen LogP contribution < -0.4 is 0 Å². The molecule has 0 aromatic rings. The SMILES string of the molecule is CC(=O)OC(C)C.CC1CCC(C(C)C)C(O)C1. The van der Waals surface area contributed by atoms with Crippen molar-refractivity contribution in [2.75, 3.05) is 0 Å². The van der Waals surface area contributed by atoms with Gasteiger partial charge < -0.3 is 9.84 Å². The van der Waals surface area contributed by atoms with E-state index < -0.39 is 0 Å². The number of carbonyl (C=O) groups excluding carboxylic acids is 1. The molecule has 18 heavy (non-hydrogen) atoms. The van der Waals surface area contributed by atoms with Gasteiger partial charge in [-0.15, -0.1) is 0 Å². The van der Waals surface area contributed by atoms with Crippen LogP contribution in [0.1, 0.15) is 60.8 Å². The molecule has 0 saturated heterocycles. The summed E-state index contributed by atoms with van der Waals surface area (Å²) in [5.74, 6) is 1.73. The van der Waals surface area contributed by atoms with E-state index in [0.29, 0.717) is 11.8 Å². The Hall–Kier alpha value is -0.570. The third-order valence-electron chi connectivity index (χ3n) is 3.39. The molecule has 108 valence electrons. The number of aliphatic hydroxyl groups is 1. The average Bonchev–Trinajstić information content (AvgIpc) is 2.14. The first-order chi connectivity index (χ1) is 8.23. The molecule has 1 saturated carbocycles. The normalized spacial score (nSPS) is 27.7. The van der Waals surface area contributed by atoms with Crippen LogP contribution in [0.25, 0.3) is 0 Å². The van der Waals surface area contributed by atoms with Gasteiger partial charge in [0.15, 0.2) is 0 Å². The second kappa shape index (κ2) is 8.52. The summed E-state index contributed by atoms with van der Waals surface area (Å²) in [5.41, 5.74) is 0. The monoisotopic (exact) mass is 258 g/mol. The van der Waals surface area contributed by atoms with Crippen LogP contribution in [0.3, 0.4) is 0 Å². The molecule has 3 nitrogen and oxygen atoms in total. The third-order valence-corrected chi connectivity index (χ3v) is 3.39. The maximum absolute atomic E-state index is 10.0. The minimum Gasteiger partial charge on any atom is -0.463 e. The number of carbonyl (C=O) groups is 1. The van der Waals surface area contributed by atoms with Crippen molar-refractivity contribution in [3.63, 3.8) is 0 Å². The van der Waals surface area contributed by atoms with Crippen molar-refractivity contribution in [3.8, 4) is 0 Å². The van der Waals surface area contributed by atoms with Crippen LogP contribution in [0, 0.1) is 17.8 Å². The number of ether oxygens (including phenoxy) is 1. The average molecular weight is 258 g/mol. The van der Waals surface area contributed by atoms with Gasteiger partial charge in [0.05, 0.1) is 12.2 Å². The Bertz CT molecular complexity index is 236. The highest BCUT2D eigenvalue weighted by Gasteiger charge is 2.28. The van der Waals surface area contributed by atoms with E-state index >= 15 is 0 Å². The van der Waals surface area contributed by atoms with E-state index in [0.717, 1.165) is 12.3 Å². The highest BCUT2D eigenvalue weighted by Crippen LogP contribution is 2.33. The highest BCUT2D eigenvalue weighted by atomic mass is 16.5. The zero-order valence-electron chi connectivity index (χ0n) is 12.8. The van der Waals surface area contributed by atoms with Crippen molar-refractivity contribution in [3.05, 3.63) is 0 Å². The molecule has 1 rings (SSSR count). The number of aliphatic hydroxyl groups excluding tert-OH is 1. The van der Waals surface area contributed by atoms with Crippen LogP contribution in [0.5, 0.6) is 0 Å². The van der Waals surface area contributed by atoms with Gasteiger partial charge in [0.2, 0.25) is 0 Å². The first-order valence-electron chi connectivity index (χ1n) is 7.09. The Morgan fingerprint density at radius 1 is 1.22 bits per heavy atom. The summed E-state index contributed by atoms with van der Waals surface area (Å²) in [5, 5.41) is 9.71. The molecule has 0 spiro atoms. The predicted molar refractivity (Wildman–Crippen MR) is 74.3 cm³/mol. The maximum atomic E-state index is 10.0. The topological polar surface area (TPSA) is 46.5 Å². The summed E-state index contributed by atoms with van der Waals surface area (Å²) in [7, 11) is 0. The Morgan fingerprint density at radius 2 is 1.78 bits per heavy atom. The second-order valence-electron chi connectivity index (χ2n) is 6.05. The van der Waals surface area contributed by atoms with Crippen LogP contribution in [-0.2, 0) is 9.53 Å². The lowest BCUT2D eigenvalue weighted by molar-refractivity contribution is -0.144. The van der Waals surface area contributed by atoms with Crippen LogP contribution in [0.4, 0.5) is 0 Å². The van der Waals surface area contributed by atoms with Crippen LogP contribution in [0.15, 0.2) is 0 Å². The van der Waals surface area contributed by atoms with Gasteiger partial charge in [-0.2, -0.15) is 0 Å². The molecular weight excluding hydrogens is 228 g/mol. The highest BCUT2D eigenvalue weighted by molar-refractivity contribution is 5.66. The first-order valence-corrected chi connectivity index (χ1v) is 7.09. The predicted octanol–water partition coefficient (Wildman–Crippen LogP) is 3.40. The molecule has 0 bridgehead atoms. The molecule has 1 aliphatic rings. The molecule has 3 heteroatoms. The van der Waals surface area contributed by atoms with Crippen molar-refractivity contribution in [1.29, 1.82) is 0 Å². The van der Waals surface area contributed by atoms with Gasteiger partial charge in [0, 0.05) is 6.92 Å². The number of esters is 1. The zero-order valence-corrected chi connectivity index (χ0v) is 12.8. The number of hydrogen-bond acceptors (Lipinski definition) is 3. The molecule has 3 atom stereocenters. The van der Waals surface area contributed by atoms with Gasteiger partial charge in [-0.1, -0.05) is 27.2 Å². The van der Waals surface area contributed by atoms with Gasteiger partial charge in [-0.3, -0.25) is 4.79 Å². The van der Waals surface area contributed by atoms with E-state index in [4.69, 9.17) is 0 Å². The van der Waals surface area contributed by atoms with Crippen LogP contribution in [0.2, 0.25) is 0 Å². The third kappa shape index (κ3) is 7.70. The summed E-state index contributed by atoms with van der Waals surface area (Å²) < 4.78 is 4.61. The summed E-state index contributed by atoms with van der Waals surface area (Å²) in [6.07, 6.45) is 3.54. The molecule has 0 aromatic carbocycles. The largest absolute Gasteiger partial charge is 0.463 e. The van der Waals surface area contributed by atoms with E-state index in [1.165, 1.54) is 19.8 Å². The van der Waals surface area contributed by atoms with Crippen LogP contribution in [-0.4, -0.2) is 23.3 Å². The van der Waals surface area contributed by atoms with Gasteiger partial charge in [0.25, 0.3) is 0 Å².